The first-order valence-corrected chi connectivity index (χ1v) is 9.94. The van der Waals surface area contributed by atoms with Crippen molar-refractivity contribution in [3.63, 3.8) is 0 Å². The molecular weight excluding hydrogens is 416 g/mol. The molecule has 0 aromatic heterocycles. The summed E-state index contributed by atoms with van der Waals surface area (Å²) in [6, 6.07) is 0. The third-order valence-electron chi connectivity index (χ3n) is 5.54. The molecule has 0 atom stereocenters. The van der Waals surface area contributed by atoms with E-state index in [4.69, 9.17) is 9.47 Å². The van der Waals surface area contributed by atoms with Crippen molar-refractivity contribution in [1.29, 1.82) is 0 Å². The van der Waals surface area contributed by atoms with Crippen LogP contribution in [-0.4, -0.2) is 44.7 Å². The van der Waals surface area contributed by atoms with E-state index in [0.717, 1.165) is 0 Å². The molecule has 0 radical (unpaired) electrons. The van der Waals surface area contributed by atoms with Crippen LogP contribution in [0, 0.1) is 6.92 Å². The highest BCUT2D eigenvalue weighted by atomic mass is 16.5. The molecule has 8 nitrogen and oxygen atoms in total. The Morgan fingerprint density at radius 3 is 2.00 bits per heavy atom. The highest BCUT2D eigenvalue weighted by Crippen LogP contribution is 2.50. The first kappa shape index (κ1) is 23.0. The summed E-state index contributed by atoms with van der Waals surface area (Å²) in [7, 11) is 1.34. The Labute approximate surface area is 185 Å². The van der Waals surface area contributed by atoms with Crippen molar-refractivity contribution in [2.45, 2.75) is 46.6 Å². The van der Waals surface area contributed by atoms with Gasteiger partial charge in [0.05, 0.1) is 12.7 Å². The van der Waals surface area contributed by atoms with Crippen LogP contribution in [0.3, 0.4) is 0 Å². The first-order valence-electron chi connectivity index (χ1n) is 9.94. The molecule has 2 aromatic rings. The second-order valence-corrected chi connectivity index (χ2v) is 8.33. The third kappa shape index (κ3) is 3.51. The number of phenolic OH excluding ortho intramolecular Hbond substituents is 4. The normalized spacial score (nSPS) is 13.9. The van der Waals surface area contributed by atoms with Gasteiger partial charge in [0, 0.05) is 23.1 Å². The van der Waals surface area contributed by atoms with E-state index in [1.54, 1.807) is 26.0 Å². The number of benzene rings is 2. The quantitative estimate of drug-likeness (QED) is 0.511. The highest BCUT2D eigenvalue weighted by molar-refractivity contribution is 6.03. The maximum atomic E-state index is 12.2. The van der Waals surface area contributed by atoms with Crippen LogP contribution in [0.4, 0.5) is 0 Å². The summed E-state index contributed by atoms with van der Waals surface area (Å²) in [6.45, 7) is 7.49. The number of ketones is 2. The number of carbonyl (C=O) groups is 2. The number of ether oxygens (including phenoxy) is 2. The Kier molecular flexibility index (Phi) is 5.59. The molecule has 4 N–H and O–H groups in total. The van der Waals surface area contributed by atoms with Gasteiger partial charge in [-0.05, 0) is 46.8 Å². The molecule has 8 heteroatoms. The van der Waals surface area contributed by atoms with E-state index in [-0.39, 0.29) is 51.3 Å². The Hall–Kier alpha value is -3.68. The van der Waals surface area contributed by atoms with Gasteiger partial charge in [0.2, 0.25) is 0 Å². The molecule has 0 fully saturated rings. The van der Waals surface area contributed by atoms with Crippen LogP contribution < -0.4 is 9.47 Å². The maximum Gasteiger partial charge on any atom is 0.167 e. The average molecular weight is 442 g/mol. The van der Waals surface area contributed by atoms with E-state index in [0.29, 0.717) is 0 Å². The average Bonchev–Trinajstić information content (AvgIpc) is 2.67. The monoisotopic (exact) mass is 442 g/mol. The number of fused-ring (bicyclic) bond motifs is 1. The molecule has 0 bridgehead atoms. The molecule has 0 spiro atoms. The first-order chi connectivity index (χ1) is 14.8. The van der Waals surface area contributed by atoms with Crippen LogP contribution in [0.5, 0.6) is 34.5 Å². The Balaban J connectivity index is 2.39. The predicted molar refractivity (Wildman–Crippen MR) is 117 cm³/mol. The molecule has 0 saturated carbocycles. The summed E-state index contributed by atoms with van der Waals surface area (Å²) in [5.41, 5.74) is -0.672. The summed E-state index contributed by atoms with van der Waals surface area (Å²) in [6.07, 6.45) is 3.09. The fraction of sp³-hybridized carbons (Fsp3) is 0.333. The van der Waals surface area contributed by atoms with Crippen molar-refractivity contribution in [3.8, 4) is 34.5 Å². The van der Waals surface area contributed by atoms with Gasteiger partial charge >= 0.3 is 0 Å². The molecule has 0 amide bonds. The molecule has 1 heterocycles. The zero-order valence-electron chi connectivity index (χ0n) is 18.8. The zero-order chi connectivity index (χ0) is 24.1. The molecular formula is C24H26O8. The lowest BCUT2D eigenvalue weighted by molar-refractivity contribution is 0.0998. The molecule has 0 aliphatic carbocycles. The zero-order valence-corrected chi connectivity index (χ0v) is 18.8. The fourth-order valence-electron chi connectivity index (χ4n) is 3.97. The van der Waals surface area contributed by atoms with E-state index >= 15 is 0 Å². The second-order valence-electron chi connectivity index (χ2n) is 8.33. The third-order valence-corrected chi connectivity index (χ3v) is 5.54. The smallest absolute Gasteiger partial charge is 0.167 e. The second kappa shape index (κ2) is 7.78. The minimum absolute atomic E-state index is 0.112. The highest BCUT2D eigenvalue weighted by Gasteiger charge is 2.34. The summed E-state index contributed by atoms with van der Waals surface area (Å²) < 4.78 is 11.4. The van der Waals surface area contributed by atoms with E-state index in [9.17, 15) is 30.0 Å². The minimum atomic E-state index is -0.778. The fourth-order valence-corrected chi connectivity index (χ4v) is 3.97. The molecule has 2 aromatic carbocycles. The van der Waals surface area contributed by atoms with E-state index in [2.05, 4.69) is 0 Å². The Morgan fingerprint density at radius 2 is 1.47 bits per heavy atom. The molecule has 1 aliphatic rings. The van der Waals surface area contributed by atoms with Crippen LogP contribution >= 0.6 is 0 Å². The molecule has 1 aliphatic heterocycles. The van der Waals surface area contributed by atoms with Crippen LogP contribution in [-0.2, 0) is 6.42 Å². The van der Waals surface area contributed by atoms with Gasteiger partial charge in [-0.2, -0.15) is 0 Å². The van der Waals surface area contributed by atoms with Crippen molar-refractivity contribution in [2.75, 3.05) is 7.11 Å². The van der Waals surface area contributed by atoms with Gasteiger partial charge in [-0.15, -0.1) is 0 Å². The van der Waals surface area contributed by atoms with Crippen molar-refractivity contribution in [1.82, 2.24) is 0 Å². The lowest BCUT2D eigenvalue weighted by Gasteiger charge is -2.31. The Morgan fingerprint density at radius 1 is 0.938 bits per heavy atom. The van der Waals surface area contributed by atoms with Crippen molar-refractivity contribution >= 4 is 17.6 Å². The number of phenols is 4. The largest absolute Gasteiger partial charge is 0.507 e. The minimum Gasteiger partial charge on any atom is -0.507 e. The van der Waals surface area contributed by atoms with E-state index < -0.39 is 40.2 Å². The Bertz CT molecular complexity index is 1190. The lowest BCUT2D eigenvalue weighted by Crippen LogP contribution is -2.28. The number of hydrogen-bond donors (Lipinski definition) is 4. The summed E-state index contributed by atoms with van der Waals surface area (Å²) >= 11 is 0. The standard InChI is InChI=1S/C24H26O8/c1-10-18(27)16(11(2)25)20(29)14(22(10)31-6)9-15-21(30)17(12(3)26)19(28)13-7-8-24(4,5)32-23(13)15/h7-8,27-30H,9H2,1-6H3. The lowest BCUT2D eigenvalue weighted by atomic mass is 9.89. The van der Waals surface area contributed by atoms with Crippen molar-refractivity contribution in [3.05, 3.63) is 39.5 Å². The number of carbonyl (C=O) groups excluding carboxylic acids is 2. The van der Waals surface area contributed by atoms with Gasteiger partial charge in [0.25, 0.3) is 0 Å². The topological polar surface area (TPSA) is 134 Å². The summed E-state index contributed by atoms with van der Waals surface area (Å²) in [5, 5.41) is 42.8. The molecule has 0 saturated heterocycles. The SMILES string of the molecule is COc1c(C)c(O)c(C(C)=O)c(O)c1Cc1c(O)c(C(C)=O)c(O)c2c1OC(C)(C)C=C2. The summed E-state index contributed by atoms with van der Waals surface area (Å²) in [4.78, 5) is 24.3. The van der Waals surface area contributed by atoms with E-state index in [1.165, 1.54) is 27.9 Å². The number of methoxy groups -OCH3 is 1. The molecule has 0 unspecified atom stereocenters. The molecule has 3 rings (SSSR count). The van der Waals surface area contributed by atoms with Gasteiger partial charge in [-0.3, -0.25) is 9.59 Å². The van der Waals surface area contributed by atoms with Gasteiger partial charge in [0.15, 0.2) is 11.6 Å². The van der Waals surface area contributed by atoms with Gasteiger partial charge < -0.3 is 29.9 Å². The van der Waals surface area contributed by atoms with Crippen LogP contribution in [0.15, 0.2) is 6.08 Å². The number of rotatable bonds is 5. The van der Waals surface area contributed by atoms with Gasteiger partial charge in [0.1, 0.15) is 51.2 Å². The maximum absolute atomic E-state index is 12.2. The van der Waals surface area contributed by atoms with E-state index in [1.807, 2.05) is 0 Å². The van der Waals surface area contributed by atoms with Crippen LogP contribution in [0.2, 0.25) is 0 Å². The molecule has 32 heavy (non-hydrogen) atoms. The number of aromatic hydroxyl groups is 4. The van der Waals surface area contributed by atoms with Crippen molar-refractivity contribution in [2.24, 2.45) is 0 Å². The van der Waals surface area contributed by atoms with Gasteiger partial charge in [-0.1, -0.05) is 0 Å². The van der Waals surface area contributed by atoms with Gasteiger partial charge in [-0.25, -0.2) is 0 Å². The summed E-state index contributed by atoms with van der Waals surface area (Å²) in [5.74, 6) is -2.71. The predicted octanol–water partition coefficient (Wildman–Crippen LogP) is 4.01. The molecule has 170 valence electrons. The number of Topliss-reactive ketones (excluding diaryl/α,β-unsaturated/α-hetero) is 2. The number of hydrogen-bond acceptors (Lipinski definition) is 8. The van der Waals surface area contributed by atoms with Crippen molar-refractivity contribution < 1.29 is 39.5 Å². The van der Waals surface area contributed by atoms with Crippen LogP contribution in [0.1, 0.15) is 70.7 Å². The van der Waals surface area contributed by atoms with Crippen LogP contribution in [0.25, 0.3) is 6.08 Å².